The first-order chi connectivity index (χ1) is 37.0. The van der Waals surface area contributed by atoms with Crippen molar-refractivity contribution < 1.29 is 99.0 Å². The van der Waals surface area contributed by atoms with Crippen LogP contribution < -0.4 is 0 Å². The summed E-state index contributed by atoms with van der Waals surface area (Å²) in [5, 5.41) is -2.55. The van der Waals surface area contributed by atoms with Crippen LogP contribution in [0.5, 0.6) is 0 Å². The minimum absolute atomic E-state index is 0.0293. The molecule has 7 aliphatic carbocycles. The van der Waals surface area contributed by atoms with Gasteiger partial charge in [-0.3, -0.25) is 0 Å². The molecule has 0 saturated heterocycles. The van der Waals surface area contributed by atoms with E-state index in [1.54, 1.807) is 0 Å². The summed E-state index contributed by atoms with van der Waals surface area (Å²) in [5.74, 6) is -1.33. The van der Waals surface area contributed by atoms with E-state index in [0.29, 0.717) is 50.3 Å². The minimum atomic E-state index is -6.01. The Balaban J connectivity index is 1.53. The number of ether oxygens (including phenoxy) is 7. The first kappa shape index (κ1) is 67.0. The maximum atomic E-state index is 16.2. The average molecular weight is 1360 g/mol. The summed E-state index contributed by atoms with van der Waals surface area (Å²) in [4.78, 5) is 0. The second-order valence-corrected chi connectivity index (χ2v) is 26.1. The van der Waals surface area contributed by atoms with Gasteiger partial charge in [0.2, 0.25) is 5.08 Å². The Morgan fingerprint density at radius 3 is 1.61 bits per heavy atom. The van der Waals surface area contributed by atoms with Crippen molar-refractivity contribution in [3.63, 3.8) is 0 Å². The molecule has 27 heteroatoms. The van der Waals surface area contributed by atoms with Gasteiger partial charge in [-0.25, -0.2) is 17.6 Å². The van der Waals surface area contributed by atoms with Gasteiger partial charge in [0.1, 0.15) is 0 Å². The normalized spacial score (nSPS) is 38.0. The Bertz CT molecular complexity index is 1950. The Kier molecular flexibility index (Phi) is 22.4. The third-order valence-electron chi connectivity index (χ3n) is 20.0. The summed E-state index contributed by atoms with van der Waals surface area (Å²) in [6, 6.07) is 0. The van der Waals surface area contributed by atoms with E-state index in [0.717, 1.165) is 0 Å². The zero-order valence-electron chi connectivity index (χ0n) is 43.6. The highest BCUT2D eigenvalue weighted by molar-refractivity contribution is 9.09. The fraction of sp³-hybridized carbons (Fsp3) is 1.00. The van der Waals surface area contributed by atoms with E-state index in [1.807, 2.05) is 0 Å². The van der Waals surface area contributed by atoms with Crippen LogP contribution in [0.1, 0.15) is 154 Å². The van der Waals surface area contributed by atoms with Gasteiger partial charge in [-0.1, -0.05) is 46.8 Å². The second-order valence-electron chi connectivity index (χ2n) is 23.4. The van der Waals surface area contributed by atoms with Gasteiger partial charge in [-0.2, -0.15) is 48.3 Å². The quantitative estimate of drug-likeness (QED) is 0.0631. The molecule has 0 radical (unpaired) electrons. The molecule has 13 atom stereocenters. The summed E-state index contributed by atoms with van der Waals surface area (Å²) in [5.41, 5.74) is -9.63. The maximum Gasteiger partial charge on any atom is 0.482 e. The van der Waals surface area contributed by atoms with E-state index >= 15 is 22.0 Å². The standard InChI is InChI=1S/C52H72Br2Cl3F15O7/c53-20-23-73-36-11-17-43(27-36,31-5-8-33(9-6-31)78-52(71,72)51(68,69)70)46(16-3-4-35(29-46)74-24-21-55)47(19-13-38(75-25-22-56)39(30-47)79-49(64,65)41(57)59)45(14-1-2-15-45)44(18-12-37(28-44)77-48(62,63)40(54)58)32-7-10-34(26-32)76-50(66,67)42(60)61/h31-42H,1-30H2. The number of rotatable bonds is 26. The van der Waals surface area contributed by atoms with Gasteiger partial charge in [0.15, 0.2) is 0 Å². The van der Waals surface area contributed by atoms with Crippen molar-refractivity contribution in [2.75, 3.05) is 36.9 Å². The average Bonchev–Trinajstić information content (AvgIpc) is 4.41. The number of hydrogen-bond acceptors (Lipinski definition) is 7. The molecule has 7 rings (SSSR count). The van der Waals surface area contributed by atoms with Crippen LogP contribution in [-0.2, 0) is 33.2 Å². The SMILES string of the molecule is FC(F)C(F)(F)OC1CCC(C2(C3(C4(C5(C6(C7CCC(OC(F)(F)C(F)(F)F)CC7)CCC(OCCBr)C6)CCCC(OCCCl)C5)CCC(OCCCl)C(OC(F)(F)C(F)Cl)C4)CCCC3)CCC(OC(F)(F)C(F)Br)C2)C1. The summed E-state index contributed by atoms with van der Waals surface area (Å²) in [7, 11) is 0. The fourth-order valence-corrected chi connectivity index (χ4v) is 18.1. The largest absolute Gasteiger partial charge is 0.482 e. The van der Waals surface area contributed by atoms with Gasteiger partial charge in [0.25, 0.3) is 5.63 Å². The molecule has 7 aliphatic rings. The van der Waals surface area contributed by atoms with Crippen molar-refractivity contribution in [3.8, 4) is 0 Å². The van der Waals surface area contributed by atoms with Gasteiger partial charge in [-0.15, -0.1) is 23.2 Å². The van der Waals surface area contributed by atoms with E-state index in [-0.39, 0.29) is 141 Å². The Morgan fingerprint density at radius 2 is 1.01 bits per heavy atom. The van der Waals surface area contributed by atoms with Crippen molar-refractivity contribution in [2.45, 2.75) is 245 Å². The Morgan fingerprint density at radius 1 is 0.468 bits per heavy atom. The van der Waals surface area contributed by atoms with Crippen LogP contribution in [0.3, 0.4) is 0 Å². The third-order valence-corrected chi connectivity index (χ3v) is 21.4. The third kappa shape index (κ3) is 13.5. The molecule has 79 heavy (non-hydrogen) atoms. The topological polar surface area (TPSA) is 64.6 Å². The van der Waals surface area contributed by atoms with Gasteiger partial charge in [-0.05, 0) is 190 Å². The summed E-state index contributed by atoms with van der Waals surface area (Å²) in [6.07, 6.45) is -35.5. The Hall–Kier alpha value is 0.500. The zero-order chi connectivity index (χ0) is 58.1. The second kappa shape index (κ2) is 26.5. The summed E-state index contributed by atoms with van der Waals surface area (Å²) < 4.78 is 261. The van der Waals surface area contributed by atoms with Crippen molar-refractivity contribution in [2.24, 2.45) is 38.9 Å². The number of hydrogen-bond donors (Lipinski definition) is 0. The number of alkyl halides is 20. The lowest BCUT2D eigenvalue weighted by atomic mass is 9.30. The molecule has 0 aromatic heterocycles. The molecule has 0 aromatic carbocycles. The van der Waals surface area contributed by atoms with Crippen molar-refractivity contribution in [3.05, 3.63) is 0 Å². The highest BCUT2D eigenvalue weighted by Gasteiger charge is 2.78. The molecule has 0 N–H and O–H groups in total. The molecule has 462 valence electrons. The van der Waals surface area contributed by atoms with Crippen molar-refractivity contribution >= 4 is 66.7 Å². The van der Waals surface area contributed by atoms with Crippen LogP contribution in [0.4, 0.5) is 65.9 Å². The number of halogens is 20. The van der Waals surface area contributed by atoms with Crippen LogP contribution in [-0.4, -0.2) is 127 Å². The molecule has 7 fully saturated rings. The van der Waals surface area contributed by atoms with E-state index in [9.17, 15) is 43.9 Å². The molecular formula is C52H72Br2Cl3F15O7. The van der Waals surface area contributed by atoms with Crippen LogP contribution in [0, 0.1) is 38.9 Å². The molecule has 0 amide bonds. The minimum Gasteiger partial charge on any atom is -0.377 e. The fourth-order valence-electron chi connectivity index (χ4n) is 17.6. The molecule has 0 aliphatic heterocycles. The predicted molar refractivity (Wildman–Crippen MR) is 270 cm³/mol. The van der Waals surface area contributed by atoms with Gasteiger partial charge in [0.05, 0.1) is 62.5 Å². The summed E-state index contributed by atoms with van der Waals surface area (Å²) >= 11 is 23.8. The van der Waals surface area contributed by atoms with E-state index < -0.39 is 129 Å². The lowest BCUT2D eigenvalue weighted by molar-refractivity contribution is -0.404. The van der Waals surface area contributed by atoms with Crippen LogP contribution in [0.2, 0.25) is 0 Å². The molecule has 0 bridgehead atoms. The smallest absolute Gasteiger partial charge is 0.377 e. The molecule has 13 unspecified atom stereocenters. The van der Waals surface area contributed by atoms with E-state index in [2.05, 4.69) is 36.6 Å². The molecular weight excluding hydrogens is 1290 g/mol. The zero-order valence-corrected chi connectivity index (χ0v) is 49.0. The molecule has 0 heterocycles. The van der Waals surface area contributed by atoms with E-state index in [1.165, 1.54) is 0 Å². The summed E-state index contributed by atoms with van der Waals surface area (Å²) in [6.45, 7) is 0.133. The van der Waals surface area contributed by atoms with Gasteiger partial charge >= 0.3 is 37.0 Å². The first-order valence-electron chi connectivity index (χ1n) is 27.6. The molecule has 7 nitrogen and oxygen atoms in total. The van der Waals surface area contributed by atoms with Gasteiger partial charge in [0, 0.05) is 17.1 Å². The Labute approximate surface area is 483 Å². The molecule has 7 saturated carbocycles. The van der Waals surface area contributed by atoms with Crippen molar-refractivity contribution in [1.82, 2.24) is 0 Å². The van der Waals surface area contributed by atoms with Crippen molar-refractivity contribution in [1.29, 1.82) is 0 Å². The molecule has 0 aromatic rings. The van der Waals surface area contributed by atoms with E-state index in [4.69, 9.17) is 63.2 Å². The van der Waals surface area contributed by atoms with Crippen LogP contribution in [0.15, 0.2) is 0 Å². The van der Waals surface area contributed by atoms with Crippen LogP contribution in [0.25, 0.3) is 0 Å². The lowest BCUT2D eigenvalue weighted by Crippen LogP contribution is -2.70. The van der Waals surface area contributed by atoms with Gasteiger partial charge < -0.3 is 33.2 Å². The lowest BCUT2D eigenvalue weighted by Gasteiger charge is -2.75. The predicted octanol–water partition coefficient (Wildman–Crippen LogP) is 17.6. The highest BCUT2D eigenvalue weighted by atomic mass is 79.9. The van der Waals surface area contributed by atoms with Crippen LogP contribution >= 0.6 is 66.7 Å². The highest BCUT2D eigenvalue weighted by Crippen LogP contribution is 2.84. The maximum absolute atomic E-state index is 16.2. The monoisotopic (exact) mass is 1360 g/mol. The molecule has 0 spiro atoms. The first-order valence-corrected chi connectivity index (χ1v) is 31.2.